The molecule has 0 amide bonds. The quantitative estimate of drug-likeness (QED) is 0.553. The van der Waals surface area contributed by atoms with Crippen LogP contribution in [0.4, 0.5) is 0 Å². The number of hydrogen-bond donors (Lipinski definition) is 0. The van der Waals surface area contributed by atoms with Gasteiger partial charge in [-0.2, -0.15) is 0 Å². The molecule has 2 heterocycles. The Balaban J connectivity index is 1.99. The topological polar surface area (TPSA) is 6.48 Å². The lowest BCUT2D eigenvalue weighted by Gasteiger charge is -2.57. The van der Waals surface area contributed by atoms with E-state index < -0.39 is 0 Å². The minimum Gasteiger partial charge on any atom is -0.347 e. The number of rotatable bonds is 1. The van der Waals surface area contributed by atoms with Crippen molar-refractivity contribution in [2.45, 2.75) is 44.7 Å². The zero-order valence-electron chi connectivity index (χ0n) is 8.79. The van der Waals surface area contributed by atoms with Crippen LogP contribution in [0.2, 0.25) is 0 Å². The Morgan fingerprint density at radius 1 is 1.23 bits per heavy atom. The molecule has 1 atom stereocenters. The number of hydrogen-bond acceptors (Lipinski definition) is 2. The molecule has 0 saturated carbocycles. The molecule has 2 nitrogen and oxygen atoms in total. The minimum atomic E-state index is 0.350. The maximum absolute atomic E-state index is 5.96. The number of likely N-dealkylation sites (tertiary alicyclic amines) is 1. The van der Waals surface area contributed by atoms with E-state index in [1.165, 1.54) is 32.4 Å². The largest absolute Gasteiger partial charge is 0.347 e. The van der Waals surface area contributed by atoms with Gasteiger partial charge in [0.2, 0.25) is 0 Å². The van der Waals surface area contributed by atoms with Crippen molar-refractivity contribution in [3.8, 4) is 0 Å². The summed E-state index contributed by atoms with van der Waals surface area (Å²) in [5, 5.41) is 0. The maximum Gasteiger partial charge on any atom is 0.183 e. The van der Waals surface area contributed by atoms with Crippen molar-refractivity contribution in [2.75, 3.05) is 19.6 Å². The molecule has 0 aliphatic carbocycles. The second kappa shape index (κ2) is 3.28. The van der Waals surface area contributed by atoms with E-state index in [2.05, 4.69) is 23.6 Å². The Labute approximate surface area is 82.7 Å². The van der Waals surface area contributed by atoms with Crippen LogP contribution in [0.15, 0.2) is 0 Å². The zero-order valence-corrected chi connectivity index (χ0v) is 8.79. The lowest BCUT2D eigenvalue weighted by molar-refractivity contribution is -0.0154. The molecule has 72 valence electrons. The van der Waals surface area contributed by atoms with E-state index in [1.807, 2.05) is 0 Å². The minimum absolute atomic E-state index is 0.350. The van der Waals surface area contributed by atoms with Gasteiger partial charge in [0.05, 0.1) is 0 Å². The normalized spacial score (nSPS) is 36.8. The van der Waals surface area contributed by atoms with Crippen molar-refractivity contribution in [2.24, 2.45) is 0 Å². The Kier molecular flexibility index (Phi) is 2.41. The smallest absolute Gasteiger partial charge is 0.183 e. The fourth-order valence-corrected chi connectivity index (χ4v) is 2.58. The predicted molar refractivity (Wildman–Crippen MR) is 55.8 cm³/mol. The average molecular weight is 178 g/mol. The number of piperidine rings is 1. The van der Waals surface area contributed by atoms with Gasteiger partial charge in [-0.1, -0.05) is 0 Å². The van der Waals surface area contributed by atoms with Crippen LogP contribution in [0.3, 0.4) is 0 Å². The van der Waals surface area contributed by atoms with Gasteiger partial charge >= 0.3 is 0 Å². The van der Waals surface area contributed by atoms with Gasteiger partial charge in [0.1, 0.15) is 0 Å². The fraction of sp³-hybridized carbons (Fsp3) is 1.00. The van der Waals surface area contributed by atoms with Gasteiger partial charge < -0.3 is 4.81 Å². The highest BCUT2D eigenvalue weighted by molar-refractivity contribution is 6.05. The molecule has 0 aromatic carbocycles. The summed E-state index contributed by atoms with van der Waals surface area (Å²) >= 11 is 0. The molecule has 0 aromatic heterocycles. The van der Waals surface area contributed by atoms with Gasteiger partial charge in [-0.25, -0.2) is 0 Å². The van der Waals surface area contributed by atoms with E-state index in [0.29, 0.717) is 11.6 Å². The summed E-state index contributed by atoms with van der Waals surface area (Å²) in [7, 11) is 5.96. The first-order valence-corrected chi connectivity index (χ1v) is 5.40. The van der Waals surface area contributed by atoms with Crippen LogP contribution >= 0.6 is 0 Å². The van der Waals surface area contributed by atoms with E-state index in [-0.39, 0.29) is 0 Å². The van der Waals surface area contributed by atoms with Gasteiger partial charge in [0, 0.05) is 18.1 Å². The van der Waals surface area contributed by atoms with E-state index in [0.717, 1.165) is 6.54 Å². The van der Waals surface area contributed by atoms with Crippen molar-refractivity contribution in [1.82, 2.24) is 9.71 Å². The molecule has 3 heteroatoms. The van der Waals surface area contributed by atoms with E-state index in [4.69, 9.17) is 7.98 Å². The van der Waals surface area contributed by atoms with Gasteiger partial charge in [-0.05, 0) is 46.2 Å². The lowest BCUT2D eigenvalue weighted by Crippen LogP contribution is -2.66. The Morgan fingerprint density at radius 3 is 2.46 bits per heavy atom. The van der Waals surface area contributed by atoms with Crippen LogP contribution in [-0.2, 0) is 0 Å². The summed E-state index contributed by atoms with van der Waals surface area (Å²) in [6.45, 7) is 8.08. The Morgan fingerprint density at radius 2 is 2.00 bits per heavy atom. The maximum atomic E-state index is 5.96. The molecule has 2 rings (SSSR count). The lowest BCUT2D eigenvalue weighted by atomic mass is 9.75. The van der Waals surface area contributed by atoms with Crippen LogP contribution in [0.25, 0.3) is 0 Å². The predicted octanol–water partition coefficient (Wildman–Crippen LogP) is 1.02. The molecular formula is C10H19BN2. The second-order valence-electron chi connectivity index (χ2n) is 4.84. The van der Waals surface area contributed by atoms with Crippen molar-refractivity contribution >= 4 is 7.98 Å². The monoisotopic (exact) mass is 178 g/mol. The molecule has 2 saturated heterocycles. The molecule has 2 radical (unpaired) electrons. The standard InChI is InChI=1S/C10H19BN2/c1-9(2)12-6-3-4-10(8-12)5-7-13(10)11/h9H,3-8H2,1-2H3. The summed E-state index contributed by atoms with van der Waals surface area (Å²) in [6, 6.07) is 0.672. The second-order valence-corrected chi connectivity index (χ2v) is 4.84. The highest BCUT2D eigenvalue weighted by Crippen LogP contribution is 2.37. The van der Waals surface area contributed by atoms with Crippen molar-refractivity contribution in [3.05, 3.63) is 0 Å². The van der Waals surface area contributed by atoms with Crippen LogP contribution < -0.4 is 0 Å². The molecule has 2 fully saturated rings. The summed E-state index contributed by atoms with van der Waals surface area (Å²) in [4.78, 5) is 4.62. The third kappa shape index (κ3) is 1.53. The van der Waals surface area contributed by atoms with E-state index in [9.17, 15) is 0 Å². The van der Waals surface area contributed by atoms with Gasteiger partial charge in [-0.3, -0.25) is 4.90 Å². The first-order valence-electron chi connectivity index (χ1n) is 5.40. The molecule has 1 unspecified atom stereocenters. The van der Waals surface area contributed by atoms with Crippen molar-refractivity contribution in [3.63, 3.8) is 0 Å². The molecule has 13 heavy (non-hydrogen) atoms. The third-order valence-corrected chi connectivity index (χ3v) is 3.74. The molecular weight excluding hydrogens is 159 g/mol. The molecule has 0 bridgehead atoms. The SMILES string of the molecule is [B]N1CCC12CCCN(C(C)C)C2. The molecule has 0 N–H and O–H groups in total. The van der Waals surface area contributed by atoms with Crippen LogP contribution in [-0.4, -0.2) is 48.9 Å². The summed E-state index contributed by atoms with van der Waals surface area (Å²) in [5.41, 5.74) is 0.350. The van der Waals surface area contributed by atoms with Gasteiger partial charge in [0.25, 0.3) is 0 Å². The average Bonchev–Trinajstić information content (AvgIpc) is 2.16. The fourth-order valence-electron chi connectivity index (χ4n) is 2.58. The Bertz CT molecular complexity index is 195. The first-order chi connectivity index (χ1) is 6.14. The van der Waals surface area contributed by atoms with Crippen molar-refractivity contribution in [1.29, 1.82) is 0 Å². The van der Waals surface area contributed by atoms with Crippen LogP contribution in [0, 0.1) is 0 Å². The first kappa shape index (κ1) is 9.54. The van der Waals surface area contributed by atoms with Crippen molar-refractivity contribution < 1.29 is 0 Å². The van der Waals surface area contributed by atoms with Crippen LogP contribution in [0.5, 0.6) is 0 Å². The van der Waals surface area contributed by atoms with Crippen LogP contribution in [0.1, 0.15) is 33.1 Å². The summed E-state index contributed by atoms with van der Waals surface area (Å²) in [5.74, 6) is 0. The molecule has 2 aliphatic rings. The van der Waals surface area contributed by atoms with Gasteiger partial charge in [0.15, 0.2) is 7.98 Å². The Hall–Kier alpha value is -0.0151. The highest BCUT2D eigenvalue weighted by atomic mass is 15.3. The highest BCUT2D eigenvalue weighted by Gasteiger charge is 2.44. The number of nitrogens with zero attached hydrogens (tertiary/aromatic N) is 2. The third-order valence-electron chi connectivity index (χ3n) is 3.74. The molecule has 1 spiro atoms. The molecule has 0 aromatic rings. The zero-order chi connectivity index (χ0) is 9.47. The van der Waals surface area contributed by atoms with Gasteiger partial charge in [-0.15, -0.1) is 0 Å². The summed E-state index contributed by atoms with van der Waals surface area (Å²) < 4.78 is 0. The van der Waals surface area contributed by atoms with E-state index >= 15 is 0 Å². The summed E-state index contributed by atoms with van der Waals surface area (Å²) in [6.07, 6.45) is 3.91. The molecule has 2 aliphatic heterocycles. The van der Waals surface area contributed by atoms with E-state index in [1.54, 1.807) is 0 Å².